The Bertz CT molecular complexity index is 264. The fourth-order valence-corrected chi connectivity index (χ4v) is 1.78. The summed E-state index contributed by atoms with van der Waals surface area (Å²) in [6, 6.07) is 0. The van der Waals surface area contributed by atoms with Gasteiger partial charge in [-0.1, -0.05) is 0 Å². The Morgan fingerprint density at radius 2 is 1.82 bits per heavy atom. The van der Waals surface area contributed by atoms with Gasteiger partial charge in [0.05, 0.1) is 19.8 Å². The van der Waals surface area contributed by atoms with Crippen molar-refractivity contribution in [2.45, 2.75) is 25.9 Å². The third kappa shape index (κ3) is 3.17. The molecule has 1 fully saturated rings. The minimum Gasteiger partial charge on any atom is -0.465 e. The van der Waals surface area contributed by atoms with Gasteiger partial charge in [-0.3, -0.25) is 9.59 Å². The number of carbonyl (C=O) groups excluding carboxylic acids is 2. The Morgan fingerprint density at radius 3 is 2.18 bits per heavy atom. The van der Waals surface area contributed by atoms with E-state index in [-0.39, 0.29) is 26.2 Å². The summed E-state index contributed by atoms with van der Waals surface area (Å²) >= 11 is 0. The van der Waals surface area contributed by atoms with Gasteiger partial charge in [0.1, 0.15) is 5.60 Å². The average Bonchev–Trinajstić information content (AvgIpc) is 2.66. The highest BCUT2D eigenvalue weighted by atomic mass is 16.6. The predicted molar refractivity (Wildman–Crippen MR) is 57.1 cm³/mol. The van der Waals surface area contributed by atoms with E-state index in [4.69, 9.17) is 14.2 Å². The van der Waals surface area contributed by atoms with E-state index in [1.165, 1.54) is 0 Å². The molecule has 0 radical (unpaired) electrons. The molecule has 0 aromatic heterocycles. The summed E-state index contributed by atoms with van der Waals surface area (Å²) in [5.74, 6) is -2.86. The van der Waals surface area contributed by atoms with Crippen LogP contribution in [0, 0.1) is 5.92 Å². The molecule has 1 atom stereocenters. The first-order valence-electron chi connectivity index (χ1n) is 5.68. The lowest BCUT2D eigenvalue weighted by Gasteiger charge is -2.27. The highest BCUT2D eigenvalue weighted by molar-refractivity contribution is 5.96. The lowest BCUT2D eigenvalue weighted by molar-refractivity contribution is -0.174. The van der Waals surface area contributed by atoms with Crippen molar-refractivity contribution in [3.63, 3.8) is 0 Å². The van der Waals surface area contributed by atoms with Crippen molar-refractivity contribution in [2.24, 2.45) is 5.92 Å². The quantitative estimate of drug-likeness (QED) is 0.538. The first-order chi connectivity index (χ1) is 8.05. The van der Waals surface area contributed by atoms with Gasteiger partial charge in [0, 0.05) is 13.0 Å². The lowest BCUT2D eigenvalue weighted by atomic mass is 9.86. The van der Waals surface area contributed by atoms with Crippen LogP contribution in [-0.2, 0) is 23.8 Å². The van der Waals surface area contributed by atoms with Gasteiger partial charge in [-0.05, 0) is 13.8 Å². The number of rotatable bonds is 5. The molecule has 1 aliphatic heterocycles. The van der Waals surface area contributed by atoms with Crippen LogP contribution >= 0.6 is 0 Å². The summed E-state index contributed by atoms with van der Waals surface area (Å²) in [6.45, 7) is 3.81. The largest absolute Gasteiger partial charge is 0.465 e. The molecule has 98 valence electrons. The summed E-state index contributed by atoms with van der Waals surface area (Å²) in [4.78, 5) is 23.4. The SMILES string of the molecule is CCOC(=O)C(C(=O)OCC)C1(O)CCOC1. The van der Waals surface area contributed by atoms with Crippen molar-refractivity contribution in [3.05, 3.63) is 0 Å². The summed E-state index contributed by atoms with van der Waals surface area (Å²) in [6.07, 6.45) is 0.218. The number of hydrogen-bond acceptors (Lipinski definition) is 6. The molecule has 0 aromatic rings. The molecule has 1 rings (SSSR count). The standard InChI is InChI=1S/C11H18O6/c1-3-16-9(12)8(10(13)17-4-2)11(14)5-6-15-7-11/h8,14H,3-7H2,1-2H3. The summed E-state index contributed by atoms with van der Waals surface area (Å²) in [5.41, 5.74) is -1.52. The summed E-state index contributed by atoms with van der Waals surface area (Å²) < 4.78 is 14.6. The molecule has 6 heteroatoms. The molecular formula is C11H18O6. The average molecular weight is 246 g/mol. The molecule has 1 saturated heterocycles. The van der Waals surface area contributed by atoms with E-state index in [9.17, 15) is 14.7 Å². The third-order valence-electron chi connectivity index (χ3n) is 2.61. The van der Waals surface area contributed by atoms with Crippen molar-refractivity contribution >= 4 is 11.9 Å². The van der Waals surface area contributed by atoms with Crippen LogP contribution in [0.25, 0.3) is 0 Å². The van der Waals surface area contributed by atoms with Crippen LogP contribution in [0.5, 0.6) is 0 Å². The maximum atomic E-state index is 11.7. The van der Waals surface area contributed by atoms with E-state index in [1.807, 2.05) is 0 Å². The Balaban J connectivity index is 2.85. The second-order valence-corrected chi connectivity index (χ2v) is 3.84. The van der Waals surface area contributed by atoms with Gasteiger partial charge in [0.25, 0.3) is 0 Å². The van der Waals surface area contributed by atoms with Crippen LogP contribution in [-0.4, -0.2) is 49.1 Å². The molecular weight excluding hydrogens is 228 g/mol. The second-order valence-electron chi connectivity index (χ2n) is 3.84. The predicted octanol–water partition coefficient (Wildman–Crippen LogP) is -0.120. The van der Waals surface area contributed by atoms with Crippen molar-refractivity contribution in [1.82, 2.24) is 0 Å². The highest BCUT2D eigenvalue weighted by Crippen LogP contribution is 2.29. The van der Waals surface area contributed by atoms with Crippen LogP contribution in [0.3, 0.4) is 0 Å². The van der Waals surface area contributed by atoms with Gasteiger partial charge in [-0.25, -0.2) is 0 Å². The van der Waals surface area contributed by atoms with E-state index in [2.05, 4.69) is 0 Å². The number of ether oxygens (including phenoxy) is 3. The Hall–Kier alpha value is -1.14. The maximum absolute atomic E-state index is 11.7. The molecule has 0 spiro atoms. The molecule has 0 aliphatic carbocycles. The van der Waals surface area contributed by atoms with Gasteiger partial charge in [-0.2, -0.15) is 0 Å². The highest BCUT2D eigenvalue weighted by Gasteiger charge is 2.50. The summed E-state index contributed by atoms with van der Waals surface area (Å²) in [5, 5.41) is 10.2. The van der Waals surface area contributed by atoms with E-state index in [0.717, 1.165) is 0 Å². The zero-order valence-electron chi connectivity index (χ0n) is 10.1. The zero-order chi connectivity index (χ0) is 12.9. The molecule has 6 nitrogen and oxygen atoms in total. The summed E-state index contributed by atoms with van der Waals surface area (Å²) in [7, 11) is 0. The van der Waals surface area contributed by atoms with Gasteiger partial charge >= 0.3 is 11.9 Å². The van der Waals surface area contributed by atoms with Crippen LogP contribution in [0.4, 0.5) is 0 Å². The van der Waals surface area contributed by atoms with Crippen molar-refractivity contribution in [2.75, 3.05) is 26.4 Å². The van der Waals surface area contributed by atoms with E-state index < -0.39 is 23.5 Å². The molecule has 1 N–H and O–H groups in total. The first-order valence-corrected chi connectivity index (χ1v) is 5.68. The maximum Gasteiger partial charge on any atom is 0.323 e. The van der Waals surface area contributed by atoms with Gasteiger partial charge in [0.15, 0.2) is 5.92 Å². The molecule has 17 heavy (non-hydrogen) atoms. The van der Waals surface area contributed by atoms with Crippen LogP contribution in [0.1, 0.15) is 20.3 Å². The number of esters is 2. The van der Waals surface area contributed by atoms with E-state index in [0.29, 0.717) is 6.61 Å². The molecule has 1 unspecified atom stereocenters. The minimum absolute atomic E-state index is 0.0602. The zero-order valence-corrected chi connectivity index (χ0v) is 10.1. The third-order valence-corrected chi connectivity index (χ3v) is 2.61. The molecule has 0 bridgehead atoms. The second kappa shape index (κ2) is 5.97. The van der Waals surface area contributed by atoms with Crippen LogP contribution in [0.2, 0.25) is 0 Å². The molecule has 1 aliphatic rings. The smallest absolute Gasteiger partial charge is 0.323 e. The molecule has 0 saturated carbocycles. The molecule has 0 amide bonds. The molecule has 1 heterocycles. The van der Waals surface area contributed by atoms with Gasteiger partial charge < -0.3 is 19.3 Å². The first kappa shape index (κ1) is 13.9. The van der Waals surface area contributed by atoms with Crippen molar-refractivity contribution < 1.29 is 28.9 Å². The van der Waals surface area contributed by atoms with Crippen molar-refractivity contribution in [3.8, 4) is 0 Å². The van der Waals surface area contributed by atoms with Gasteiger partial charge in [0.2, 0.25) is 0 Å². The number of carbonyl (C=O) groups is 2. The number of aliphatic hydroxyl groups is 1. The monoisotopic (exact) mass is 246 g/mol. The van der Waals surface area contributed by atoms with Gasteiger partial charge in [-0.15, -0.1) is 0 Å². The minimum atomic E-state index is -1.52. The Kier molecular flexibility index (Phi) is 4.89. The van der Waals surface area contributed by atoms with Crippen LogP contribution < -0.4 is 0 Å². The normalized spacial score (nSPS) is 23.8. The fourth-order valence-electron chi connectivity index (χ4n) is 1.78. The van der Waals surface area contributed by atoms with E-state index in [1.54, 1.807) is 13.8 Å². The van der Waals surface area contributed by atoms with Crippen molar-refractivity contribution in [1.29, 1.82) is 0 Å². The topological polar surface area (TPSA) is 82.1 Å². The Labute approximate surface area is 99.8 Å². The molecule has 0 aromatic carbocycles. The number of hydrogen-bond donors (Lipinski definition) is 1. The lowest BCUT2D eigenvalue weighted by Crippen LogP contribution is -2.48. The van der Waals surface area contributed by atoms with E-state index >= 15 is 0 Å². The fraction of sp³-hybridized carbons (Fsp3) is 0.818. The van der Waals surface area contributed by atoms with Crippen LogP contribution in [0.15, 0.2) is 0 Å². The Morgan fingerprint density at radius 1 is 1.29 bits per heavy atom.